The lowest BCUT2D eigenvalue weighted by Gasteiger charge is -2.13. The Morgan fingerprint density at radius 3 is 2.40 bits per heavy atom. The molecule has 5 heteroatoms. The number of benzene rings is 2. The van der Waals surface area contributed by atoms with Gasteiger partial charge in [-0.1, -0.05) is 60.0 Å². The number of ether oxygens (including phenoxy) is 2. The zero-order chi connectivity index (χ0) is 20.8. The number of aryl methyl sites for hydroxylation is 1. The van der Waals surface area contributed by atoms with E-state index in [1.165, 1.54) is 5.56 Å². The summed E-state index contributed by atoms with van der Waals surface area (Å²) in [5.41, 5.74) is 2.91. The van der Waals surface area contributed by atoms with Crippen molar-refractivity contribution in [3.63, 3.8) is 0 Å². The minimum atomic E-state index is 0.241. The van der Waals surface area contributed by atoms with Gasteiger partial charge >= 0.3 is 0 Å². The summed E-state index contributed by atoms with van der Waals surface area (Å²) < 4.78 is 14.1. The number of pyridine rings is 2. The number of rotatable bonds is 5. The number of nitrogens with zero attached hydrogens (tertiary/aromatic N) is 2. The van der Waals surface area contributed by atoms with E-state index in [-0.39, 0.29) is 6.61 Å². The first-order chi connectivity index (χ1) is 14.7. The van der Waals surface area contributed by atoms with Gasteiger partial charge < -0.3 is 9.47 Å². The molecule has 0 atom stereocenters. The van der Waals surface area contributed by atoms with Crippen LogP contribution in [-0.4, -0.2) is 22.8 Å². The quantitative estimate of drug-likeness (QED) is 0.319. The summed E-state index contributed by atoms with van der Waals surface area (Å²) in [6.45, 7) is 2.59. The van der Waals surface area contributed by atoms with Crippen molar-refractivity contribution in [3.8, 4) is 29.0 Å². The van der Waals surface area contributed by atoms with Crippen molar-refractivity contribution in [1.82, 2.24) is 9.55 Å². The molecule has 0 amide bonds. The predicted octanol–water partition coefficient (Wildman–Crippen LogP) is 5.52. The Balaban J connectivity index is 1.49. The van der Waals surface area contributed by atoms with Crippen LogP contribution in [0.25, 0.3) is 16.7 Å². The lowest BCUT2D eigenvalue weighted by Crippen LogP contribution is -2.04. The van der Waals surface area contributed by atoms with Crippen molar-refractivity contribution in [1.29, 1.82) is 0 Å². The van der Waals surface area contributed by atoms with E-state index in [0.717, 1.165) is 22.5 Å². The Kier molecular flexibility index (Phi) is 6.07. The molecule has 0 N–H and O–H groups in total. The molecule has 0 unspecified atom stereocenters. The van der Waals surface area contributed by atoms with Gasteiger partial charge in [-0.15, -0.1) is 0 Å². The second-order valence-electron chi connectivity index (χ2n) is 6.64. The molecule has 4 rings (SSSR count). The van der Waals surface area contributed by atoms with Crippen molar-refractivity contribution in [2.75, 3.05) is 13.2 Å². The number of para-hydroxylation sites is 1. The zero-order valence-corrected chi connectivity index (χ0v) is 17.4. The molecule has 0 aliphatic rings. The highest BCUT2D eigenvalue weighted by molar-refractivity contribution is 7.71. The monoisotopic (exact) mass is 412 g/mol. The maximum absolute atomic E-state index is 5.91. The van der Waals surface area contributed by atoms with Crippen molar-refractivity contribution in [3.05, 3.63) is 89.2 Å². The van der Waals surface area contributed by atoms with Crippen LogP contribution in [0.3, 0.4) is 0 Å². The van der Waals surface area contributed by atoms with Crippen LogP contribution in [-0.2, 0) is 0 Å². The summed E-state index contributed by atoms with van der Waals surface area (Å²) >= 11 is 5.62. The molecule has 4 aromatic rings. The van der Waals surface area contributed by atoms with Crippen molar-refractivity contribution in [2.24, 2.45) is 0 Å². The van der Waals surface area contributed by atoms with Crippen molar-refractivity contribution in [2.45, 2.75) is 6.92 Å². The summed E-state index contributed by atoms with van der Waals surface area (Å²) in [4.78, 5) is 4.54. The Morgan fingerprint density at radius 1 is 0.900 bits per heavy atom. The summed E-state index contributed by atoms with van der Waals surface area (Å²) in [6.07, 6.45) is 1.75. The first-order valence-corrected chi connectivity index (χ1v) is 9.97. The van der Waals surface area contributed by atoms with Gasteiger partial charge in [0.25, 0.3) is 0 Å². The Morgan fingerprint density at radius 2 is 1.63 bits per heavy atom. The number of fused-ring (bicyclic) bond motifs is 1. The minimum Gasteiger partial charge on any atom is -0.481 e. The van der Waals surface area contributed by atoms with Crippen molar-refractivity contribution < 1.29 is 9.47 Å². The highest BCUT2D eigenvalue weighted by Gasteiger charge is 2.10. The standard InChI is InChI=1S/C25H20N2O2S/c1-19-11-13-21(14-12-19)28-16-5-6-17-29-23-18-24(30)27(20-8-3-2-4-9-20)25-22(23)10-7-15-26-25/h2-4,7-15,18H,16-17H2,1H3. The van der Waals surface area contributed by atoms with Gasteiger partial charge in [0.05, 0.1) is 5.39 Å². The van der Waals surface area contributed by atoms with E-state index >= 15 is 0 Å². The molecule has 0 aliphatic heterocycles. The number of hydrogen-bond acceptors (Lipinski definition) is 4. The van der Waals surface area contributed by atoms with E-state index in [0.29, 0.717) is 17.0 Å². The molecular weight excluding hydrogens is 392 g/mol. The smallest absolute Gasteiger partial charge is 0.149 e. The van der Waals surface area contributed by atoms with E-state index in [1.807, 2.05) is 84.3 Å². The van der Waals surface area contributed by atoms with Gasteiger partial charge in [-0.2, -0.15) is 0 Å². The molecule has 0 saturated heterocycles. The average Bonchev–Trinajstić information content (AvgIpc) is 2.78. The predicted molar refractivity (Wildman–Crippen MR) is 122 cm³/mol. The van der Waals surface area contributed by atoms with Gasteiger partial charge in [0.15, 0.2) is 0 Å². The minimum absolute atomic E-state index is 0.241. The maximum atomic E-state index is 5.91. The van der Waals surface area contributed by atoms with E-state index in [2.05, 4.69) is 16.8 Å². The Labute approximate surface area is 180 Å². The molecule has 0 fully saturated rings. The molecular formula is C25H20N2O2S. The summed E-state index contributed by atoms with van der Waals surface area (Å²) in [7, 11) is 0. The van der Waals surface area contributed by atoms with Crippen LogP contribution in [0.1, 0.15) is 5.56 Å². The molecule has 0 saturated carbocycles. The van der Waals surface area contributed by atoms with Crippen LogP contribution in [0.5, 0.6) is 11.5 Å². The molecule has 0 aliphatic carbocycles. The molecule has 2 heterocycles. The average molecular weight is 413 g/mol. The molecule has 2 aromatic heterocycles. The second kappa shape index (κ2) is 9.25. The first-order valence-electron chi connectivity index (χ1n) is 9.56. The molecule has 0 spiro atoms. The van der Waals surface area contributed by atoms with Gasteiger partial charge in [0.2, 0.25) is 0 Å². The van der Waals surface area contributed by atoms with Gasteiger partial charge in [-0.25, -0.2) is 4.98 Å². The topological polar surface area (TPSA) is 36.3 Å². The summed E-state index contributed by atoms with van der Waals surface area (Å²) in [5, 5.41) is 0.882. The van der Waals surface area contributed by atoms with Gasteiger partial charge in [0, 0.05) is 18.0 Å². The van der Waals surface area contributed by atoms with Gasteiger partial charge in [-0.3, -0.25) is 4.57 Å². The Bertz CT molecular complexity index is 1270. The highest BCUT2D eigenvalue weighted by atomic mass is 32.1. The largest absolute Gasteiger partial charge is 0.481 e. The highest BCUT2D eigenvalue weighted by Crippen LogP contribution is 2.27. The SMILES string of the molecule is Cc1ccc(OCC#CCOc2cc(=S)n(-c3ccccc3)c3ncccc23)cc1. The van der Waals surface area contributed by atoms with E-state index in [1.54, 1.807) is 6.20 Å². The molecule has 2 aromatic carbocycles. The molecule has 4 nitrogen and oxygen atoms in total. The Hall–Kier alpha value is -3.62. The molecule has 148 valence electrons. The maximum Gasteiger partial charge on any atom is 0.149 e. The van der Waals surface area contributed by atoms with Crippen LogP contribution < -0.4 is 9.47 Å². The van der Waals surface area contributed by atoms with E-state index in [9.17, 15) is 0 Å². The lowest BCUT2D eigenvalue weighted by atomic mass is 10.2. The van der Waals surface area contributed by atoms with Crippen LogP contribution in [0.4, 0.5) is 0 Å². The van der Waals surface area contributed by atoms with E-state index in [4.69, 9.17) is 21.7 Å². The fraction of sp³-hybridized carbons (Fsp3) is 0.120. The first kappa shape index (κ1) is 19.7. The number of aromatic nitrogens is 2. The zero-order valence-electron chi connectivity index (χ0n) is 16.5. The van der Waals surface area contributed by atoms with Crippen LogP contribution >= 0.6 is 12.2 Å². The normalized spacial score (nSPS) is 10.3. The van der Waals surface area contributed by atoms with Crippen LogP contribution in [0.15, 0.2) is 79.0 Å². The fourth-order valence-electron chi connectivity index (χ4n) is 3.04. The van der Waals surface area contributed by atoms with Gasteiger partial charge in [0.1, 0.15) is 35.0 Å². The third-order valence-electron chi connectivity index (χ3n) is 4.51. The number of hydrogen-bond donors (Lipinski definition) is 0. The molecule has 30 heavy (non-hydrogen) atoms. The van der Waals surface area contributed by atoms with Crippen molar-refractivity contribution >= 4 is 23.3 Å². The molecule has 0 radical (unpaired) electrons. The third kappa shape index (κ3) is 4.51. The second-order valence-corrected chi connectivity index (χ2v) is 7.05. The summed E-state index contributed by atoms with van der Waals surface area (Å²) in [5.74, 6) is 7.44. The summed E-state index contributed by atoms with van der Waals surface area (Å²) in [6, 6.07) is 23.5. The molecule has 0 bridgehead atoms. The third-order valence-corrected chi connectivity index (χ3v) is 4.81. The fourth-order valence-corrected chi connectivity index (χ4v) is 3.34. The van der Waals surface area contributed by atoms with E-state index < -0.39 is 0 Å². The van der Waals surface area contributed by atoms with Crippen LogP contribution in [0, 0.1) is 23.4 Å². The van der Waals surface area contributed by atoms with Crippen LogP contribution in [0.2, 0.25) is 0 Å². The lowest BCUT2D eigenvalue weighted by molar-refractivity contribution is 0.364. The van der Waals surface area contributed by atoms with Gasteiger partial charge in [-0.05, 0) is 43.3 Å².